The summed E-state index contributed by atoms with van der Waals surface area (Å²) >= 11 is 0. The first-order valence-electron chi connectivity index (χ1n) is 6.89. The van der Waals surface area contributed by atoms with Gasteiger partial charge in [-0.2, -0.15) is 0 Å². The molecule has 0 amide bonds. The third-order valence-corrected chi connectivity index (χ3v) is 3.83. The van der Waals surface area contributed by atoms with Crippen LogP contribution < -0.4 is 16.2 Å². The number of hydrazine groups is 1. The summed E-state index contributed by atoms with van der Waals surface area (Å²) in [5, 5.41) is 0. The lowest BCUT2D eigenvalue weighted by Crippen LogP contribution is -2.23. The van der Waals surface area contributed by atoms with E-state index in [4.69, 9.17) is 15.6 Å². The van der Waals surface area contributed by atoms with Crippen molar-refractivity contribution in [2.45, 2.75) is 25.2 Å². The van der Waals surface area contributed by atoms with Crippen LogP contribution in [0.2, 0.25) is 0 Å². The summed E-state index contributed by atoms with van der Waals surface area (Å²) in [5.74, 6) is 9.26. The Kier molecular flexibility index (Phi) is 3.52. The largest absolute Gasteiger partial charge is 0.384 e. The molecule has 0 radical (unpaired) electrons. The van der Waals surface area contributed by atoms with E-state index < -0.39 is 0 Å². The van der Waals surface area contributed by atoms with E-state index in [1.54, 1.807) is 7.11 Å². The highest BCUT2D eigenvalue weighted by Gasteiger charge is 2.29. The van der Waals surface area contributed by atoms with Crippen molar-refractivity contribution in [2.24, 2.45) is 11.8 Å². The smallest absolute Gasteiger partial charge is 0.145 e. The van der Waals surface area contributed by atoms with Crippen LogP contribution in [0.4, 0.5) is 11.6 Å². The summed E-state index contributed by atoms with van der Waals surface area (Å²) < 4.78 is 5.24. The first-order chi connectivity index (χ1) is 9.30. The maximum absolute atomic E-state index is 5.50. The Morgan fingerprint density at radius 3 is 2.95 bits per heavy atom. The van der Waals surface area contributed by atoms with Crippen LogP contribution in [-0.2, 0) is 4.74 Å². The highest BCUT2D eigenvalue weighted by atomic mass is 16.5. The molecule has 1 saturated carbocycles. The number of rotatable bonds is 5. The summed E-state index contributed by atoms with van der Waals surface area (Å²) in [5.41, 5.74) is 2.65. The van der Waals surface area contributed by atoms with Gasteiger partial charge in [0.2, 0.25) is 0 Å². The van der Waals surface area contributed by atoms with Gasteiger partial charge >= 0.3 is 0 Å². The van der Waals surface area contributed by atoms with Gasteiger partial charge in [0, 0.05) is 38.1 Å². The van der Waals surface area contributed by atoms with Crippen molar-refractivity contribution in [1.82, 2.24) is 9.97 Å². The van der Waals surface area contributed by atoms with Crippen molar-refractivity contribution < 1.29 is 4.74 Å². The van der Waals surface area contributed by atoms with Gasteiger partial charge in [0.1, 0.15) is 17.5 Å². The molecule has 0 bridgehead atoms. The van der Waals surface area contributed by atoms with E-state index in [1.165, 1.54) is 12.8 Å². The third kappa shape index (κ3) is 2.79. The second kappa shape index (κ2) is 5.30. The first kappa shape index (κ1) is 12.6. The fraction of sp³-hybridized carbons (Fsp3) is 0.692. The molecule has 1 aliphatic carbocycles. The van der Waals surface area contributed by atoms with Gasteiger partial charge in [0.25, 0.3) is 0 Å². The summed E-state index contributed by atoms with van der Waals surface area (Å²) in [7, 11) is 1.76. The number of methoxy groups -OCH3 is 1. The lowest BCUT2D eigenvalue weighted by atomic mass is 10.1. The van der Waals surface area contributed by atoms with Gasteiger partial charge in [-0.25, -0.2) is 15.8 Å². The quantitative estimate of drug-likeness (QED) is 0.612. The molecule has 2 aliphatic rings. The minimum Gasteiger partial charge on any atom is -0.384 e. The van der Waals surface area contributed by atoms with E-state index >= 15 is 0 Å². The summed E-state index contributed by atoms with van der Waals surface area (Å²) in [6.07, 6.45) is 3.54. The van der Waals surface area contributed by atoms with Gasteiger partial charge in [-0.1, -0.05) is 0 Å². The maximum Gasteiger partial charge on any atom is 0.145 e. The number of nitrogens with two attached hydrogens (primary N) is 1. The van der Waals surface area contributed by atoms with E-state index in [1.807, 2.05) is 6.07 Å². The highest BCUT2D eigenvalue weighted by molar-refractivity contribution is 5.50. The molecule has 3 rings (SSSR count). The number of nitrogens with one attached hydrogen (secondary N) is 1. The van der Waals surface area contributed by atoms with Crippen LogP contribution in [0.1, 0.15) is 31.0 Å². The number of aromatic nitrogens is 2. The molecule has 0 spiro atoms. The van der Waals surface area contributed by atoms with Crippen LogP contribution in [-0.4, -0.2) is 36.8 Å². The Morgan fingerprint density at radius 1 is 1.42 bits per heavy atom. The molecule has 1 saturated heterocycles. The van der Waals surface area contributed by atoms with E-state index in [9.17, 15) is 0 Å². The number of nitrogen functional groups attached to an aromatic ring is 1. The predicted octanol–water partition coefficient (Wildman–Crippen LogP) is 1.11. The number of hydrogen-bond acceptors (Lipinski definition) is 6. The van der Waals surface area contributed by atoms with Gasteiger partial charge in [-0.3, -0.25) is 0 Å². The van der Waals surface area contributed by atoms with Gasteiger partial charge in [0.05, 0.1) is 6.61 Å². The molecule has 1 aromatic heterocycles. The Bertz CT molecular complexity index is 449. The van der Waals surface area contributed by atoms with Crippen LogP contribution in [0.25, 0.3) is 0 Å². The van der Waals surface area contributed by atoms with Crippen molar-refractivity contribution in [1.29, 1.82) is 0 Å². The molecule has 6 heteroatoms. The number of hydrogen-bond donors (Lipinski definition) is 2. The molecular formula is C13H21N5O. The molecule has 6 nitrogen and oxygen atoms in total. The summed E-state index contributed by atoms with van der Waals surface area (Å²) in [6, 6.07) is 1.93. The Labute approximate surface area is 113 Å². The van der Waals surface area contributed by atoms with E-state index in [2.05, 4.69) is 15.3 Å². The molecule has 104 valence electrons. The van der Waals surface area contributed by atoms with Crippen molar-refractivity contribution in [3.05, 3.63) is 11.9 Å². The van der Waals surface area contributed by atoms with Crippen molar-refractivity contribution in [3.8, 4) is 0 Å². The Morgan fingerprint density at radius 2 is 2.26 bits per heavy atom. The molecule has 3 N–H and O–H groups in total. The SMILES string of the molecule is COCC1CCN(c2cc(NN)nc(C3CC3)n2)C1. The first-order valence-corrected chi connectivity index (χ1v) is 6.89. The zero-order valence-electron chi connectivity index (χ0n) is 11.3. The lowest BCUT2D eigenvalue weighted by molar-refractivity contribution is 0.161. The number of ether oxygens (including phenoxy) is 1. The second-order valence-electron chi connectivity index (χ2n) is 5.44. The maximum atomic E-state index is 5.50. The normalized spacial score (nSPS) is 22.8. The fourth-order valence-electron chi connectivity index (χ4n) is 2.63. The molecule has 2 fully saturated rings. The standard InChI is InChI=1S/C13H21N5O/c1-19-8-9-4-5-18(7-9)12-6-11(17-14)15-13(16-12)10-2-3-10/h6,9-10H,2-5,7-8,14H2,1H3,(H,15,16,17). The van der Waals surface area contributed by atoms with Gasteiger partial charge in [-0.15, -0.1) is 0 Å². The second-order valence-corrected chi connectivity index (χ2v) is 5.44. The van der Waals surface area contributed by atoms with E-state index in [0.717, 1.165) is 37.8 Å². The van der Waals surface area contributed by atoms with Crippen LogP contribution in [0.3, 0.4) is 0 Å². The van der Waals surface area contributed by atoms with E-state index in [-0.39, 0.29) is 0 Å². The average Bonchev–Trinajstić information content (AvgIpc) is 3.19. The van der Waals surface area contributed by atoms with Gasteiger partial charge in [0.15, 0.2) is 0 Å². The monoisotopic (exact) mass is 263 g/mol. The molecule has 1 unspecified atom stereocenters. The lowest BCUT2D eigenvalue weighted by Gasteiger charge is -2.19. The van der Waals surface area contributed by atoms with Gasteiger partial charge < -0.3 is 15.1 Å². The molecule has 0 aromatic carbocycles. The number of anilines is 2. The number of nitrogens with zero attached hydrogens (tertiary/aromatic N) is 3. The molecule has 1 atom stereocenters. The van der Waals surface area contributed by atoms with E-state index in [0.29, 0.717) is 17.7 Å². The van der Waals surface area contributed by atoms with Crippen molar-refractivity contribution in [3.63, 3.8) is 0 Å². The van der Waals surface area contributed by atoms with Gasteiger partial charge in [-0.05, 0) is 19.3 Å². The fourth-order valence-corrected chi connectivity index (χ4v) is 2.63. The molecule has 19 heavy (non-hydrogen) atoms. The molecule has 1 aliphatic heterocycles. The third-order valence-electron chi connectivity index (χ3n) is 3.83. The van der Waals surface area contributed by atoms with Crippen molar-refractivity contribution in [2.75, 3.05) is 37.1 Å². The summed E-state index contributed by atoms with van der Waals surface area (Å²) in [6.45, 7) is 2.84. The zero-order chi connectivity index (χ0) is 13.2. The Balaban J connectivity index is 1.78. The van der Waals surface area contributed by atoms with Crippen LogP contribution in [0, 0.1) is 5.92 Å². The van der Waals surface area contributed by atoms with Crippen LogP contribution in [0.5, 0.6) is 0 Å². The molecule has 2 heterocycles. The zero-order valence-corrected chi connectivity index (χ0v) is 11.3. The molecule has 1 aromatic rings. The topological polar surface area (TPSA) is 76.3 Å². The highest BCUT2D eigenvalue weighted by Crippen LogP contribution is 2.39. The average molecular weight is 263 g/mol. The molecular weight excluding hydrogens is 242 g/mol. The predicted molar refractivity (Wildman–Crippen MR) is 74.0 cm³/mol. The minimum absolute atomic E-state index is 0.532. The Hall–Kier alpha value is -1.40. The minimum atomic E-state index is 0.532. The van der Waals surface area contributed by atoms with Crippen molar-refractivity contribution >= 4 is 11.6 Å². The van der Waals surface area contributed by atoms with Crippen LogP contribution >= 0.6 is 0 Å². The van der Waals surface area contributed by atoms with Crippen LogP contribution in [0.15, 0.2) is 6.07 Å². The summed E-state index contributed by atoms with van der Waals surface area (Å²) in [4.78, 5) is 11.4.